The highest BCUT2D eigenvalue weighted by molar-refractivity contribution is 9.10. The Hall–Kier alpha value is -1.88. The second-order valence-corrected chi connectivity index (χ2v) is 4.99. The Morgan fingerprint density at radius 2 is 1.70 bits per heavy atom. The van der Waals surface area contributed by atoms with Crippen molar-refractivity contribution in [1.82, 2.24) is 0 Å². The molecule has 0 saturated carbocycles. The molecular formula is C15H16BrNO3. The topological polar surface area (TPSA) is 53.7 Å². The van der Waals surface area contributed by atoms with Gasteiger partial charge in [0.2, 0.25) is 5.75 Å². The van der Waals surface area contributed by atoms with E-state index in [2.05, 4.69) is 15.9 Å². The molecule has 2 rings (SSSR count). The molecule has 0 fully saturated rings. The lowest BCUT2D eigenvalue weighted by Gasteiger charge is -2.14. The molecule has 0 aliphatic rings. The van der Waals surface area contributed by atoms with E-state index in [1.165, 1.54) is 0 Å². The molecule has 0 atom stereocenters. The minimum atomic E-state index is 0.387. The van der Waals surface area contributed by atoms with Crippen LogP contribution in [-0.4, -0.2) is 14.2 Å². The Morgan fingerprint density at radius 1 is 1.05 bits per heavy atom. The lowest BCUT2D eigenvalue weighted by molar-refractivity contribution is 0.265. The van der Waals surface area contributed by atoms with Gasteiger partial charge >= 0.3 is 0 Å². The van der Waals surface area contributed by atoms with Gasteiger partial charge < -0.3 is 19.9 Å². The number of anilines is 1. The molecule has 0 radical (unpaired) electrons. The number of halogens is 1. The van der Waals surface area contributed by atoms with Gasteiger partial charge in [-0.2, -0.15) is 0 Å². The first-order chi connectivity index (χ1) is 9.65. The molecule has 0 saturated heterocycles. The number of para-hydroxylation sites is 1. The fraction of sp³-hybridized carbons (Fsp3) is 0.200. The lowest BCUT2D eigenvalue weighted by Crippen LogP contribution is -2.01. The van der Waals surface area contributed by atoms with Crippen molar-refractivity contribution in [2.45, 2.75) is 6.61 Å². The van der Waals surface area contributed by atoms with E-state index in [9.17, 15) is 0 Å². The summed E-state index contributed by atoms with van der Waals surface area (Å²) in [5, 5.41) is 0. The minimum absolute atomic E-state index is 0.387. The fourth-order valence-corrected chi connectivity index (χ4v) is 2.30. The van der Waals surface area contributed by atoms with E-state index in [0.29, 0.717) is 29.5 Å². The molecule has 0 amide bonds. The zero-order chi connectivity index (χ0) is 14.5. The van der Waals surface area contributed by atoms with Crippen LogP contribution in [0.25, 0.3) is 0 Å². The summed E-state index contributed by atoms with van der Waals surface area (Å²) < 4.78 is 17.3. The summed E-state index contributed by atoms with van der Waals surface area (Å²) in [6.45, 7) is 0.387. The first-order valence-electron chi connectivity index (χ1n) is 6.03. The molecule has 5 heteroatoms. The summed E-state index contributed by atoms with van der Waals surface area (Å²) in [6, 6.07) is 11.1. The summed E-state index contributed by atoms with van der Waals surface area (Å²) in [7, 11) is 3.20. The molecule has 0 unspecified atom stereocenters. The summed E-state index contributed by atoms with van der Waals surface area (Å²) in [6.07, 6.45) is 0. The van der Waals surface area contributed by atoms with Crippen molar-refractivity contribution in [3.8, 4) is 17.2 Å². The van der Waals surface area contributed by atoms with Crippen LogP contribution in [0.1, 0.15) is 5.56 Å². The van der Waals surface area contributed by atoms with Gasteiger partial charge in [-0.05, 0) is 24.3 Å². The molecule has 20 heavy (non-hydrogen) atoms. The van der Waals surface area contributed by atoms with E-state index in [1.54, 1.807) is 14.2 Å². The average molecular weight is 338 g/mol. The van der Waals surface area contributed by atoms with Crippen LogP contribution in [0, 0.1) is 0 Å². The number of hydrogen-bond acceptors (Lipinski definition) is 4. The Balaban J connectivity index is 2.22. The third-order valence-electron chi connectivity index (χ3n) is 2.83. The maximum Gasteiger partial charge on any atom is 0.203 e. The quantitative estimate of drug-likeness (QED) is 0.846. The number of benzene rings is 2. The van der Waals surface area contributed by atoms with Crippen molar-refractivity contribution < 1.29 is 14.2 Å². The lowest BCUT2D eigenvalue weighted by atomic mass is 10.2. The molecule has 0 spiro atoms. The van der Waals surface area contributed by atoms with Crippen molar-refractivity contribution in [2.75, 3.05) is 20.0 Å². The van der Waals surface area contributed by atoms with E-state index in [0.717, 1.165) is 10.0 Å². The minimum Gasteiger partial charge on any atom is -0.493 e. The van der Waals surface area contributed by atoms with Crippen molar-refractivity contribution in [2.24, 2.45) is 0 Å². The van der Waals surface area contributed by atoms with Crippen LogP contribution in [0.4, 0.5) is 5.69 Å². The Kier molecular flexibility index (Phi) is 4.74. The monoisotopic (exact) mass is 337 g/mol. The van der Waals surface area contributed by atoms with E-state index in [-0.39, 0.29) is 0 Å². The zero-order valence-electron chi connectivity index (χ0n) is 11.4. The van der Waals surface area contributed by atoms with Gasteiger partial charge in [0.1, 0.15) is 6.61 Å². The number of rotatable bonds is 5. The maximum atomic E-state index is 5.84. The first-order valence-corrected chi connectivity index (χ1v) is 6.82. The van der Waals surface area contributed by atoms with E-state index >= 15 is 0 Å². The SMILES string of the molecule is COc1cccc(OC)c1OCc1ccc(N)cc1Br. The van der Waals surface area contributed by atoms with Gasteiger partial charge in [-0.3, -0.25) is 0 Å². The number of methoxy groups -OCH3 is 2. The summed E-state index contributed by atoms with van der Waals surface area (Å²) in [5.41, 5.74) is 7.41. The molecule has 2 aromatic carbocycles. The molecule has 0 aliphatic carbocycles. The van der Waals surface area contributed by atoms with Gasteiger partial charge in [-0.25, -0.2) is 0 Å². The van der Waals surface area contributed by atoms with Crippen LogP contribution in [0.5, 0.6) is 17.2 Å². The zero-order valence-corrected chi connectivity index (χ0v) is 12.9. The number of nitrogen functional groups attached to an aromatic ring is 1. The van der Waals surface area contributed by atoms with Crippen molar-refractivity contribution >= 4 is 21.6 Å². The molecule has 106 valence electrons. The summed E-state index contributed by atoms with van der Waals surface area (Å²) in [5.74, 6) is 1.85. The predicted molar refractivity (Wildman–Crippen MR) is 82.4 cm³/mol. The van der Waals surface area contributed by atoms with Gasteiger partial charge in [0, 0.05) is 15.7 Å². The number of ether oxygens (including phenoxy) is 3. The van der Waals surface area contributed by atoms with E-state index in [1.807, 2.05) is 36.4 Å². The van der Waals surface area contributed by atoms with E-state index < -0.39 is 0 Å². The largest absolute Gasteiger partial charge is 0.493 e. The fourth-order valence-electron chi connectivity index (χ4n) is 1.79. The Bertz CT molecular complexity index is 579. The van der Waals surface area contributed by atoms with Crippen LogP contribution >= 0.6 is 15.9 Å². The molecular weight excluding hydrogens is 322 g/mol. The summed E-state index contributed by atoms with van der Waals surface area (Å²) >= 11 is 3.47. The standard InChI is InChI=1S/C15H16BrNO3/c1-18-13-4-3-5-14(19-2)15(13)20-9-10-6-7-11(17)8-12(10)16/h3-8H,9,17H2,1-2H3. The highest BCUT2D eigenvalue weighted by Gasteiger charge is 2.12. The van der Waals surface area contributed by atoms with Crippen LogP contribution in [0.15, 0.2) is 40.9 Å². The van der Waals surface area contributed by atoms with Crippen molar-refractivity contribution in [1.29, 1.82) is 0 Å². The summed E-state index contributed by atoms with van der Waals surface area (Å²) in [4.78, 5) is 0. The van der Waals surface area contributed by atoms with Crippen molar-refractivity contribution in [3.63, 3.8) is 0 Å². The van der Waals surface area contributed by atoms with Gasteiger partial charge in [0.15, 0.2) is 11.5 Å². The van der Waals surface area contributed by atoms with Gasteiger partial charge in [-0.1, -0.05) is 28.1 Å². The molecule has 0 bridgehead atoms. The van der Waals surface area contributed by atoms with Crippen LogP contribution in [-0.2, 0) is 6.61 Å². The second kappa shape index (κ2) is 6.52. The second-order valence-electron chi connectivity index (χ2n) is 4.13. The van der Waals surface area contributed by atoms with Gasteiger partial charge in [0.25, 0.3) is 0 Å². The maximum absolute atomic E-state index is 5.84. The third-order valence-corrected chi connectivity index (χ3v) is 3.57. The molecule has 4 nitrogen and oxygen atoms in total. The predicted octanol–water partition coefficient (Wildman–Crippen LogP) is 3.63. The first kappa shape index (κ1) is 14.5. The number of nitrogens with two attached hydrogens (primary N) is 1. The Labute approximate surface area is 126 Å². The highest BCUT2D eigenvalue weighted by atomic mass is 79.9. The number of hydrogen-bond donors (Lipinski definition) is 1. The van der Waals surface area contributed by atoms with Gasteiger partial charge in [-0.15, -0.1) is 0 Å². The molecule has 2 N–H and O–H groups in total. The Morgan fingerprint density at radius 3 is 2.25 bits per heavy atom. The highest BCUT2D eigenvalue weighted by Crippen LogP contribution is 2.37. The van der Waals surface area contributed by atoms with Crippen LogP contribution in [0.2, 0.25) is 0 Å². The average Bonchev–Trinajstić information content (AvgIpc) is 2.46. The van der Waals surface area contributed by atoms with Crippen LogP contribution < -0.4 is 19.9 Å². The molecule has 2 aromatic rings. The van der Waals surface area contributed by atoms with Gasteiger partial charge in [0.05, 0.1) is 14.2 Å². The van der Waals surface area contributed by atoms with Crippen molar-refractivity contribution in [3.05, 3.63) is 46.4 Å². The van der Waals surface area contributed by atoms with E-state index in [4.69, 9.17) is 19.9 Å². The normalized spacial score (nSPS) is 10.2. The third kappa shape index (κ3) is 3.17. The smallest absolute Gasteiger partial charge is 0.203 e. The molecule has 0 aliphatic heterocycles. The molecule has 0 heterocycles. The van der Waals surface area contributed by atoms with Crippen LogP contribution in [0.3, 0.4) is 0 Å². The molecule has 0 aromatic heterocycles.